The average molecular weight is 172 g/mol. The monoisotopic (exact) mass is 172 g/mol. The van der Waals surface area contributed by atoms with Crippen LogP contribution in [0.1, 0.15) is 6.92 Å². The summed E-state index contributed by atoms with van der Waals surface area (Å²) in [6.07, 6.45) is -0.350. The predicted octanol–water partition coefficient (Wildman–Crippen LogP) is -1.67. The highest BCUT2D eigenvalue weighted by Gasteiger charge is 2.23. The number of allylic oxidation sites excluding steroid dienone is 1. The molecule has 1 aliphatic heterocycles. The Kier molecular flexibility index (Phi) is 2.51. The van der Waals surface area contributed by atoms with Crippen LogP contribution in [-0.4, -0.2) is 19.4 Å². The van der Waals surface area contributed by atoms with E-state index in [0.29, 0.717) is 11.4 Å². The van der Waals surface area contributed by atoms with E-state index in [0.717, 1.165) is 0 Å². The first-order valence-corrected chi connectivity index (χ1v) is 3.46. The second-order valence-corrected chi connectivity index (χ2v) is 2.38. The van der Waals surface area contributed by atoms with Crippen LogP contribution in [0.5, 0.6) is 0 Å². The SMILES string of the molecule is COC1NC(C)=C(C(=O)NN)N1. The molecule has 0 aromatic carbocycles. The fraction of sp³-hybridized carbons (Fsp3) is 0.500. The van der Waals surface area contributed by atoms with Crippen molar-refractivity contribution in [3.8, 4) is 0 Å². The molecule has 0 radical (unpaired) electrons. The first-order valence-electron chi connectivity index (χ1n) is 3.46. The first kappa shape index (κ1) is 8.82. The maximum Gasteiger partial charge on any atom is 0.283 e. The number of amides is 1. The molecule has 1 unspecified atom stereocenters. The second-order valence-electron chi connectivity index (χ2n) is 2.38. The number of ether oxygens (including phenoxy) is 1. The smallest absolute Gasteiger partial charge is 0.283 e. The standard InChI is InChI=1S/C6H12N4O2/c1-3-4(5(11)10-7)9-6(8-3)12-2/h6,8-9H,7H2,1-2H3,(H,10,11). The summed E-state index contributed by atoms with van der Waals surface area (Å²) in [4.78, 5) is 11.0. The highest BCUT2D eigenvalue weighted by molar-refractivity contribution is 5.93. The summed E-state index contributed by atoms with van der Waals surface area (Å²) in [7, 11) is 1.53. The molecule has 0 spiro atoms. The minimum absolute atomic E-state index is 0.350. The van der Waals surface area contributed by atoms with Crippen molar-refractivity contribution < 1.29 is 9.53 Å². The van der Waals surface area contributed by atoms with E-state index < -0.39 is 0 Å². The van der Waals surface area contributed by atoms with Crippen molar-refractivity contribution in [3.63, 3.8) is 0 Å². The number of hydrogen-bond donors (Lipinski definition) is 4. The van der Waals surface area contributed by atoms with Gasteiger partial charge in [-0.1, -0.05) is 0 Å². The normalized spacial score (nSPS) is 21.8. The van der Waals surface area contributed by atoms with E-state index >= 15 is 0 Å². The number of nitrogens with one attached hydrogen (secondary N) is 3. The lowest BCUT2D eigenvalue weighted by molar-refractivity contribution is -0.118. The van der Waals surface area contributed by atoms with Crippen molar-refractivity contribution in [1.82, 2.24) is 16.1 Å². The number of carbonyl (C=O) groups excluding carboxylic acids is 1. The maximum absolute atomic E-state index is 11.0. The Morgan fingerprint density at radius 3 is 2.75 bits per heavy atom. The van der Waals surface area contributed by atoms with Crippen molar-refractivity contribution in [2.45, 2.75) is 13.3 Å². The van der Waals surface area contributed by atoms with E-state index in [1.165, 1.54) is 7.11 Å². The minimum atomic E-state index is -0.362. The summed E-state index contributed by atoms with van der Waals surface area (Å²) in [5.41, 5.74) is 3.15. The molecule has 0 bridgehead atoms. The largest absolute Gasteiger partial charge is 0.345 e. The summed E-state index contributed by atoms with van der Waals surface area (Å²) in [6.45, 7) is 1.76. The van der Waals surface area contributed by atoms with Gasteiger partial charge in [-0.15, -0.1) is 0 Å². The van der Waals surface area contributed by atoms with Gasteiger partial charge in [-0.05, 0) is 6.92 Å². The fourth-order valence-corrected chi connectivity index (χ4v) is 0.970. The van der Waals surface area contributed by atoms with Crippen LogP contribution in [0, 0.1) is 0 Å². The Bertz CT molecular complexity index is 226. The van der Waals surface area contributed by atoms with Crippen LogP contribution in [0.15, 0.2) is 11.4 Å². The van der Waals surface area contributed by atoms with Gasteiger partial charge < -0.3 is 15.4 Å². The first-order chi connectivity index (χ1) is 5.69. The van der Waals surface area contributed by atoms with Gasteiger partial charge in [-0.25, -0.2) is 5.84 Å². The number of hydrogen-bond acceptors (Lipinski definition) is 5. The summed E-state index contributed by atoms with van der Waals surface area (Å²) >= 11 is 0. The quantitative estimate of drug-likeness (QED) is 0.227. The van der Waals surface area contributed by atoms with Gasteiger partial charge in [0.1, 0.15) is 5.70 Å². The highest BCUT2D eigenvalue weighted by atomic mass is 16.5. The van der Waals surface area contributed by atoms with Gasteiger partial charge in [0, 0.05) is 12.8 Å². The Labute approximate surface area is 70.1 Å². The zero-order valence-electron chi connectivity index (χ0n) is 6.97. The molecular formula is C6H12N4O2. The van der Waals surface area contributed by atoms with Gasteiger partial charge in [0.05, 0.1) is 0 Å². The average Bonchev–Trinajstić information content (AvgIpc) is 2.45. The van der Waals surface area contributed by atoms with Crippen LogP contribution >= 0.6 is 0 Å². The molecule has 0 saturated carbocycles. The molecular weight excluding hydrogens is 160 g/mol. The van der Waals surface area contributed by atoms with Crippen LogP contribution in [0.4, 0.5) is 0 Å². The van der Waals surface area contributed by atoms with Gasteiger partial charge >= 0.3 is 0 Å². The van der Waals surface area contributed by atoms with Crippen LogP contribution < -0.4 is 21.9 Å². The van der Waals surface area contributed by atoms with Gasteiger partial charge in [0.15, 0.2) is 0 Å². The number of hydrazine groups is 1. The Morgan fingerprint density at radius 2 is 2.33 bits per heavy atom. The molecule has 1 rings (SSSR count). The zero-order valence-corrected chi connectivity index (χ0v) is 6.97. The van der Waals surface area contributed by atoms with Crippen LogP contribution in [0.2, 0.25) is 0 Å². The zero-order chi connectivity index (χ0) is 9.14. The van der Waals surface area contributed by atoms with Crippen LogP contribution in [0.3, 0.4) is 0 Å². The van der Waals surface area contributed by atoms with Gasteiger partial charge in [-0.3, -0.25) is 10.2 Å². The Hall–Kier alpha value is -1.27. The number of nitrogens with two attached hydrogens (primary N) is 1. The summed E-state index contributed by atoms with van der Waals surface area (Å²) < 4.78 is 4.92. The number of methoxy groups -OCH3 is 1. The van der Waals surface area contributed by atoms with Crippen LogP contribution in [0.25, 0.3) is 0 Å². The van der Waals surface area contributed by atoms with Crippen molar-refractivity contribution in [2.75, 3.05) is 7.11 Å². The molecule has 1 atom stereocenters. The molecule has 12 heavy (non-hydrogen) atoms. The highest BCUT2D eigenvalue weighted by Crippen LogP contribution is 2.06. The fourth-order valence-electron chi connectivity index (χ4n) is 0.970. The van der Waals surface area contributed by atoms with Crippen molar-refractivity contribution in [1.29, 1.82) is 0 Å². The summed E-state index contributed by atoms with van der Waals surface area (Å²) in [5, 5.41) is 5.69. The van der Waals surface area contributed by atoms with Gasteiger partial charge in [0.2, 0.25) is 6.35 Å². The van der Waals surface area contributed by atoms with E-state index in [1.807, 2.05) is 5.43 Å². The van der Waals surface area contributed by atoms with E-state index in [9.17, 15) is 4.79 Å². The molecule has 0 aliphatic carbocycles. The minimum Gasteiger partial charge on any atom is -0.345 e. The van der Waals surface area contributed by atoms with E-state index in [4.69, 9.17) is 10.6 Å². The lowest BCUT2D eigenvalue weighted by atomic mass is 10.3. The second kappa shape index (κ2) is 3.42. The molecule has 6 heteroatoms. The van der Waals surface area contributed by atoms with Crippen molar-refractivity contribution >= 4 is 5.91 Å². The summed E-state index contributed by atoms with van der Waals surface area (Å²) in [5.74, 6) is 4.60. The van der Waals surface area contributed by atoms with E-state index in [2.05, 4.69) is 10.6 Å². The third-order valence-electron chi connectivity index (χ3n) is 1.59. The van der Waals surface area contributed by atoms with Gasteiger partial charge in [-0.2, -0.15) is 0 Å². The Balaban J connectivity index is 2.66. The Morgan fingerprint density at radius 1 is 1.67 bits per heavy atom. The lowest BCUT2D eigenvalue weighted by Gasteiger charge is -2.10. The lowest BCUT2D eigenvalue weighted by Crippen LogP contribution is -2.39. The molecule has 5 N–H and O–H groups in total. The molecule has 1 aliphatic rings. The van der Waals surface area contributed by atoms with Crippen molar-refractivity contribution in [2.24, 2.45) is 5.84 Å². The molecule has 0 aromatic heterocycles. The third kappa shape index (κ3) is 1.49. The van der Waals surface area contributed by atoms with E-state index in [1.54, 1.807) is 6.92 Å². The van der Waals surface area contributed by atoms with Crippen molar-refractivity contribution in [3.05, 3.63) is 11.4 Å². The molecule has 0 fully saturated rings. The molecule has 0 aromatic rings. The maximum atomic E-state index is 11.0. The number of carbonyl (C=O) groups is 1. The predicted molar refractivity (Wildman–Crippen MR) is 42.1 cm³/mol. The molecule has 6 nitrogen and oxygen atoms in total. The van der Waals surface area contributed by atoms with E-state index in [-0.39, 0.29) is 12.3 Å². The molecule has 0 saturated heterocycles. The molecule has 1 amide bonds. The topological polar surface area (TPSA) is 88.4 Å². The third-order valence-corrected chi connectivity index (χ3v) is 1.59. The van der Waals surface area contributed by atoms with Gasteiger partial charge in [0.25, 0.3) is 5.91 Å². The molecule has 68 valence electrons. The number of rotatable bonds is 2. The molecule has 1 heterocycles. The van der Waals surface area contributed by atoms with Crippen LogP contribution in [-0.2, 0) is 9.53 Å². The summed E-state index contributed by atoms with van der Waals surface area (Å²) in [6, 6.07) is 0.